The summed E-state index contributed by atoms with van der Waals surface area (Å²) in [6.45, 7) is 7.07. The van der Waals surface area contributed by atoms with Gasteiger partial charge in [0, 0.05) is 26.1 Å². The Morgan fingerprint density at radius 3 is 2.75 bits per heavy atom. The molecule has 1 saturated heterocycles. The molecule has 0 N–H and O–H groups in total. The molecule has 1 aromatic rings. The van der Waals surface area contributed by atoms with Crippen LogP contribution in [0, 0.1) is 12.8 Å². The first-order valence-electron chi connectivity index (χ1n) is 7.58. The van der Waals surface area contributed by atoms with Gasteiger partial charge < -0.3 is 4.90 Å². The number of hydrogen-bond acceptors (Lipinski definition) is 2. The zero-order valence-corrected chi connectivity index (χ0v) is 12.7. The predicted molar refractivity (Wildman–Crippen MR) is 84.4 cm³/mol. The third kappa shape index (κ3) is 4.21. The number of nitrogens with zero attached hydrogens (tertiary/aromatic N) is 1. The van der Waals surface area contributed by atoms with Gasteiger partial charge in [0.25, 0.3) is 0 Å². The Kier molecular flexibility index (Phi) is 5.42. The fourth-order valence-corrected chi connectivity index (χ4v) is 2.92. The molecule has 2 radical (unpaired) electrons. The molecule has 0 bridgehead atoms. The number of hydrogen-bond donors (Lipinski definition) is 0. The van der Waals surface area contributed by atoms with Gasteiger partial charge in [-0.2, -0.15) is 0 Å². The second-order valence-corrected chi connectivity index (χ2v) is 6.08. The Balaban J connectivity index is 1.79. The number of Topliss-reactive ketones (excluding diaryl/α,β-unsaturated/α-hetero) is 1. The summed E-state index contributed by atoms with van der Waals surface area (Å²) in [4.78, 5) is 13.3. The molecule has 1 heterocycles. The molecule has 0 aromatic heterocycles. The normalized spacial score (nSPS) is 16.1. The molecule has 1 aromatic carbocycles. The van der Waals surface area contributed by atoms with Gasteiger partial charge in [-0.3, -0.25) is 4.79 Å². The molecule has 3 heteroatoms. The molecule has 106 valence electrons. The van der Waals surface area contributed by atoms with Crippen molar-refractivity contribution < 1.29 is 4.79 Å². The topological polar surface area (TPSA) is 20.3 Å². The SMILES string of the molecule is [B]CCc1ccc(CC2CN(CCC(C)=O)C2)c(C)c1. The van der Waals surface area contributed by atoms with Gasteiger partial charge in [0.05, 0.1) is 7.85 Å². The maximum atomic E-state index is 11.0. The summed E-state index contributed by atoms with van der Waals surface area (Å²) in [6.07, 6.45) is 3.53. The lowest BCUT2D eigenvalue weighted by Crippen LogP contribution is -2.48. The van der Waals surface area contributed by atoms with Gasteiger partial charge in [0.1, 0.15) is 5.78 Å². The molecule has 0 atom stereocenters. The lowest BCUT2D eigenvalue weighted by atomic mass is 9.88. The van der Waals surface area contributed by atoms with Gasteiger partial charge >= 0.3 is 0 Å². The molecule has 0 spiro atoms. The van der Waals surface area contributed by atoms with Crippen LogP contribution in [0.4, 0.5) is 0 Å². The Morgan fingerprint density at radius 1 is 1.40 bits per heavy atom. The van der Waals surface area contributed by atoms with E-state index < -0.39 is 0 Å². The zero-order valence-electron chi connectivity index (χ0n) is 12.7. The van der Waals surface area contributed by atoms with Gasteiger partial charge in [-0.1, -0.05) is 24.5 Å². The van der Waals surface area contributed by atoms with Crippen molar-refractivity contribution in [1.29, 1.82) is 0 Å². The number of benzene rings is 1. The van der Waals surface area contributed by atoms with Crippen molar-refractivity contribution in [3.05, 3.63) is 34.9 Å². The van der Waals surface area contributed by atoms with Crippen molar-refractivity contribution in [1.82, 2.24) is 4.90 Å². The molecule has 0 saturated carbocycles. The van der Waals surface area contributed by atoms with Gasteiger partial charge in [-0.05, 0) is 49.3 Å². The minimum atomic E-state index is 0.291. The van der Waals surface area contributed by atoms with Crippen LogP contribution in [-0.4, -0.2) is 38.2 Å². The van der Waals surface area contributed by atoms with Crippen molar-refractivity contribution in [3.8, 4) is 0 Å². The Bertz CT molecular complexity index is 466. The first-order chi connectivity index (χ1) is 9.58. The van der Waals surface area contributed by atoms with Crippen LogP contribution in [0.15, 0.2) is 18.2 Å². The Labute approximate surface area is 124 Å². The molecule has 0 aliphatic carbocycles. The Morgan fingerprint density at radius 2 is 2.15 bits per heavy atom. The van der Waals surface area contributed by atoms with Crippen molar-refractivity contribution in [3.63, 3.8) is 0 Å². The second kappa shape index (κ2) is 7.08. The minimum absolute atomic E-state index is 0.291. The summed E-state index contributed by atoms with van der Waals surface area (Å²) in [5.74, 6) is 1.04. The van der Waals surface area contributed by atoms with E-state index in [1.165, 1.54) is 16.7 Å². The Hall–Kier alpha value is -1.09. The van der Waals surface area contributed by atoms with Crippen molar-refractivity contribution in [2.24, 2.45) is 5.92 Å². The quantitative estimate of drug-likeness (QED) is 0.709. The van der Waals surface area contributed by atoms with Crippen LogP contribution in [0.1, 0.15) is 30.0 Å². The van der Waals surface area contributed by atoms with Gasteiger partial charge in [0.2, 0.25) is 0 Å². The standard InChI is InChI=1S/C17H24BNO/c1-13-9-15(5-7-18)3-4-17(13)10-16-11-19(12-16)8-6-14(2)20/h3-4,9,16H,5-8,10-12H2,1-2H3. The van der Waals surface area contributed by atoms with Crippen molar-refractivity contribution in [2.75, 3.05) is 19.6 Å². The molecular weight excluding hydrogens is 245 g/mol. The number of rotatable bonds is 7. The summed E-state index contributed by atoms with van der Waals surface area (Å²) in [5, 5.41) is 0. The average molecular weight is 269 g/mol. The largest absolute Gasteiger partial charge is 0.302 e. The van der Waals surface area contributed by atoms with E-state index in [0.717, 1.165) is 38.4 Å². The third-order valence-corrected chi connectivity index (χ3v) is 4.16. The molecule has 1 fully saturated rings. The van der Waals surface area contributed by atoms with E-state index in [-0.39, 0.29) is 0 Å². The lowest BCUT2D eigenvalue weighted by molar-refractivity contribution is -0.117. The molecular formula is C17H24BNO. The highest BCUT2D eigenvalue weighted by molar-refractivity contribution is 6.08. The van der Waals surface area contributed by atoms with E-state index in [2.05, 4.69) is 30.0 Å². The summed E-state index contributed by atoms with van der Waals surface area (Å²) < 4.78 is 0. The molecule has 1 aliphatic heterocycles. The monoisotopic (exact) mass is 269 g/mol. The molecule has 2 rings (SSSR count). The molecule has 1 aliphatic rings. The number of likely N-dealkylation sites (tertiary alicyclic amines) is 1. The first-order valence-corrected chi connectivity index (χ1v) is 7.58. The van der Waals surface area contributed by atoms with Crippen LogP contribution in [0.5, 0.6) is 0 Å². The smallest absolute Gasteiger partial charge is 0.131 e. The predicted octanol–water partition coefficient (Wildman–Crippen LogP) is 2.58. The fourth-order valence-electron chi connectivity index (χ4n) is 2.92. The highest BCUT2D eigenvalue weighted by atomic mass is 16.1. The first kappa shape index (κ1) is 15.3. The van der Waals surface area contributed by atoms with Crippen LogP contribution in [0.25, 0.3) is 0 Å². The molecule has 0 amide bonds. The summed E-state index contributed by atoms with van der Waals surface area (Å²) >= 11 is 0. The van der Waals surface area contributed by atoms with E-state index in [4.69, 9.17) is 7.85 Å². The summed E-state index contributed by atoms with van der Waals surface area (Å²) in [5.41, 5.74) is 4.19. The number of carbonyl (C=O) groups is 1. The number of aryl methyl sites for hydroxylation is 2. The van der Waals surface area contributed by atoms with Crippen LogP contribution < -0.4 is 0 Å². The van der Waals surface area contributed by atoms with E-state index in [0.29, 0.717) is 18.5 Å². The van der Waals surface area contributed by atoms with E-state index >= 15 is 0 Å². The molecule has 2 nitrogen and oxygen atoms in total. The van der Waals surface area contributed by atoms with Gasteiger partial charge in [0.15, 0.2) is 0 Å². The molecule has 20 heavy (non-hydrogen) atoms. The summed E-state index contributed by atoms with van der Waals surface area (Å²) in [7, 11) is 5.60. The van der Waals surface area contributed by atoms with Gasteiger partial charge in [-0.15, -0.1) is 0 Å². The maximum Gasteiger partial charge on any atom is 0.131 e. The highest BCUT2D eigenvalue weighted by Gasteiger charge is 2.26. The van der Waals surface area contributed by atoms with E-state index in [1.54, 1.807) is 6.92 Å². The van der Waals surface area contributed by atoms with E-state index in [9.17, 15) is 4.79 Å². The van der Waals surface area contributed by atoms with Crippen LogP contribution >= 0.6 is 0 Å². The van der Waals surface area contributed by atoms with Crippen LogP contribution in [0.2, 0.25) is 6.32 Å². The lowest BCUT2D eigenvalue weighted by Gasteiger charge is -2.39. The zero-order chi connectivity index (χ0) is 14.5. The summed E-state index contributed by atoms with van der Waals surface area (Å²) in [6, 6.07) is 6.74. The third-order valence-electron chi connectivity index (χ3n) is 4.16. The van der Waals surface area contributed by atoms with E-state index in [1.807, 2.05) is 0 Å². The van der Waals surface area contributed by atoms with Crippen molar-refractivity contribution >= 4 is 13.6 Å². The fraction of sp³-hybridized carbons (Fsp3) is 0.588. The number of ketones is 1. The van der Waals surface area contributed by atoms with Crippen molar-refractivity contribution in [2.45, 2.75) is 39.4 Å². The average Bonchev–Trinajstić information content (AvgIpc) is 2.34. The maximum absolute atomic E-state index is 11.0. The second-order valence-electron chi connectivity index (χ2n) is 6.08. The molecule has 0 unspecified atom stereocenters. The minimum Gasteiger partial charge on any atom is -0.302 e. The number of carbonyl (C=O) groups excluding carboxylic acids is 1. The van der Waals surface area contributed by atoms with Crippen LogP contribution in [0.3, 0.4) is 0 Å². The van der Waals surface area contributed by atoms with Crippen LogP contribution in [-0.2, 0) is 17.6 Å². The highest BCUT2D eigenvalue weighted by Crippen LogP contribution is 2.23. The van der Waals surface area contributed by atoms with Gasteiger partial charge in [-0.25, -0.2) is 0 Å².